The molecule has 0 aliphatic heterocycles. The lowest BCUT2D eigenvalue weighted by atomic mass is 10.0. The summed E-state index contributed by atoms with van der Waals surface area (Å²) in [6, 6.07) is 40.5. The quantitative estimate of drug-likeness (QED) is 0.132. The molecular weight excluding hydrogens is 548 g/mol. The predicted octanol–water partition coefficient (Wildman–Crippen LogP) is 7.67. The topological polar surface area (TPSA) is 84.5 Å². The van der Waals surface area contributed by atoms with Crippen molar-refractivity contribution in [2.45, 2.75) is 0 Å². The van der Waals surface area contributed by atoms with Crippen LogP contribution in [0.5, 0.6) is 5.75 Å². The maximum absolute atomic E-state index is 13.3. The van der Waals surface area contributed by atoms with E-state index in [4.69, 9.17) is 4.74 Å². The lowest BCUT2D eigenvalue weighted by molar-refractivity contribution is -0.113. The summed E-state index contributed by atoms with van der Waals surface area (Å²) < 4.78 is 5.29. The maximum Gasteiger partial charge on any atom is 0.272 e. The number of hydrogen-bond donors (Lipinski definition) is 2. The average molecular weight is 579 g/mol. The van der Waals surface area contributed by atoms with Crippen molar-refractivity contribution >= 4 is 35.4 Å². The second kappa shape index (κ2) is 14.2. The van der Waals surface area contributed by atoms with Crippen molar-refractivity contribution < 1.29 is 19.1 Å². The molecule has 0 aliphatic rings. The summed E-state index contributed by atoms with van der Waals surface area (Å²) in [5.41, 5.74) is 5.23. The number of carbonyl (C=O) groups is 3. The average Bonchev–Trinajstić information content (AvgIpc) is 3.08. The minimum atomic E-state index is -0.518. The summed E-state index contributed by atoms with van der Waals surface area (Å²) in [6.07, 6.45) is 4.88. The second-order valence-corrected chi connectivity index (χ2v) is 9.87. The van der Waals surface area contributed by atoms with Crippen molar-refractivity contribution in [1.82, 2.24) is 5.32 Å². The Morgan fingerprint density at radius 3 is 1.98 bits per heavy atom. The lowest BCUT2D eigenvalue weighted by Crippen LogP contribution is -2.30. The van der Waals surface area contributed by atoms with Gasteiger partial charge >= 0.3 is 0 Å². The number of methoxy groups -OCH3 is 1. The fourth-order valence-corrected chi connectivity index (χ4v) is 4.44. The van der Waals surface area contributed by atoms with Crippen molar-refractivity contribution in [2.24, 2.45) is 0 Å². The molecule has 5 aromatic carbocycles. The van der Waals surface area contributed by atoms with Gasteiger partial charge in [-0.1, -0.05) is 91.0 Å². The molecule has 0 radical (unpaired) electrons. The highest BCUT2D eigenvalue weighted by molar-refractivity contribution is 6.11. The van der Waals surface area contributed by atoms with E-state index in [0.29, 0.717) is 28.1 Å². The fraction of sp³-hybridized carbons (Fsp3) is 0.0263. The van der Waals surface area contributed by atoms with Crippen LogP contribution < -0.4 is 15.4 Å². The Labute approximate surface area is 256 Å². The minimum Gasteiger partial charge on any atom is -0.497 e. The summed E-state index contributed by atoms with van der Waals surface area (Å²) in [5.74, 6) is -0.484. The summed E-state index contributed by atoms with van der Waals surface area (Å²) in [7, 11) is 1.56. The number of carbonyl (C=O) groups excluding carboxylic acids is 3. The van der Waals surface area contributed by atoms with E-state index in [9.17, 15) is 14.4 Å². The van der Waals surface area contributed by atoms with Crippen LogP contribution in [0.4, 0.5) is 5.69 Å². The molecule has 0 heterocycles. The third-order valence-electron chi connectivity index (χ3n) is 6.81. The first-order valence-electron chi connectivity index (χ1n) is 14.0. The van der Waals surface area contributed by atoms with Gasteiger partial charge in [-0.15, -0.1) is 0 Å². The van der Waals surface area contributed by atoms with Gasteiger partial charge in [0.25, 0.3) is 11.8 Å². The number of benzene rings is 5. The highest BCUT2D eigenvalue weighted by atomic mass is 16.5. The third-order valence-corrected chi connectivity index (χ3v) is 6.81. The zero-order chi connectivity index (χ0) is 30.7. The lowest BCUT2D eigenvalue weighted by Gasteiger charge is -2.12. The van der Waals surface area contributed by atoms with E-state index in [2.05, 4.69) is 22.8 Å². The van der Waals surface area contributed by atoms with Gasteiger partial charge in [-0.05, 0) is 82.9 Å². The van der Waals surface area contributed by atoms with Crippen LogP contribution in [0.25, 0.3) is 23.3 Å². The zero-order valence-corrected chi connectivity index (χ0v) is 24.1. The summed E-state index contributed by atoms with van der Waals surface area (Å²) in [5, 5.41) is 5.53. The van der Waals surface area contributed by atoms with E-state index in [1.807, 2.05) is 48.5 Å². The smallest absolute Gasteiger partial charge is 0.272 e. The Hall–Kier alpha value is -6.01. The number of ketones is 1. The maximum atomic E-state index is 13.3. The fourth-order valence-electron chi connectivity index (χ4n) is 4.44. The van der Waals surface area contributed by atoms with Crippen LogP contribution in [-0.4, -0.2) is 24.7 Å². The first kappa shape index (κ1) is 29.5. The van der Waals surface area contributed by atoms with E-state index in [0.717, 1.165) is 16.7 Å². The second-order valence-electron chi connectivity index (χ2n) is 9.87. The SMILES string of the molecule is COc1cccc(/C=C(\NC(=O)c2ccccc2)C(=O)Nc2ccc(C(=O)/C=C/c3ccc(-c4ccccc4)cc3)cc2)c1. The Balaban J connectivity index is 1.27. The van der Waals surface area contributed by atoms with Crippen LogP contribution in [-0.2, 0) is 4.79 Å². The number of ether oxygens (including phenoxy) is 1. The van der Waals surface area contributed by atoms with Gasteiger partial charge in [-0.25, -0.2) is 0 Å². The molecule has 6 nitrogen and oxygen atoms in total. The molecule has 0 bridgehead atoms. The predicted molar refractivity (Wildman–Crippen MR) is 175 cm³/mol. The highest BCUT2D eigenvalue weighted by Gasteiger charge is 2.15. The first-order chi connectivity index (χ1) is 21.5. The van der Waals surface area contributed by atoms with Crippen molar-refractivity contribution in [3.8, 4) is 16.9 Å². The van der Waals surface area contributed by atoms with Gasteiger partial charge in [0.2, 0.25) is 0 Å². The van der Waals surface area contributed by atoms with Crippen LogP contribution in [0.1, 0.15) is 31.8 Å². The molecule has 0 aliphatic carbocycles. The Morgan fingerprint density at radius 2 is 1.30 bits per heavy atom. The van der Waals surface area contributed by atoms with Gasteiger partial charge in [-0.2, -0.15) is 0 Å². The van der Waals surface area contributed by atoms with E-state index in [-0.39, 0.29) is 11.5 Å². The van der Waals surface area contributed by atoms with Crippen LogP contribution in [0, 0.1) is 0 Å². The number of amides is 2. The van der Waals surface area contributed by atoms with E-state index in [1.165, 1.54) is 6.08 Å². The molecule has 0 spiro atoms. The molecule has 2 amide bonds. The van der Waals surface area contributed by atoms with Crippen molar-refractivity contribution in [2.75, 3.05) is 12.4 Å². The van der Waals surface area contributed by atoms with Crippen LogP contribution in [0.3, 0.4) is 0 Å². The van der Waals surface area contributed by atoms with Gasteiger partial charge in [0, 0.05) is 16.8 Å². The molecule has 5 aromatic rings. The minimum absolute atomic E-state index is 0.0495. The molecule has 0 saturated heterocycles. The molecule has 0 saturated carbocycles. The Kier molecular flexibility index (Phi) is 9.55. The van der Waals surface area contributed by atoms with Gasteiger partial charge < -0.3 is 15.4 Å². The highest BCUT2D eigenvalue weighted by Crippen LogP contribution is 2.20. The van der Waals surface area contributed by atoms with Crippen molar-refractivity contribution in [3.63, 3.8) is 0 Å². The summed E-state index contributed by atoms with van der Waals surface area (Å²) >= 11 is 0. The molecule has 216 valence electrons. The number of anilines is 1. The number of rotatable bonds is 10. The number of hydrogen-bond acceptors (Lipinski definition) is 4. The van der Waals surface area contributed by atoms with Gasteiger partial charge in [-0.3, -0.25) is 14.4 Å². The van der Waals surface area contributed by atoms with Crippen molar-refractivity contribution in [3.05, 3.63) is 167 Å². The summed E-state index contributed by atoms with van der Waals surface area (Å²) in [4.78, 5) is 39.0. The van der Waals surface area contributed by atoms with Gasteiger partial charge in [0.1, 0.15) is 11.4 Å². The first-order valence-corrected chi connectivity index (χ1v) is 14.0. The zero-order valence-electron chi connectivity index (χ0n) is 24.1. The van der Waals surface area contributed by atoms with Crippen LogP contribution in [0.2, 0.25) is 0 Å². The van der Waals surface area contributed by atoms with Crippen LogP contribution >= 0.6 is 0 Å². The third kappa shape index (κ3) is 7.84. The molecule has 44 heavy (non-hydrogen) atoms. The van der Waals surface area contributed by atoms with Crippen LogP contribution in [0.15, 0.2) is 145 Å². The molecule has 2 N–H and O–H groups in total. The van der Waals surface area contributed by atoms with E-state index in [1.54, 1.807) is 92.1 Å². The monoisotopic (exact) mass is 578 g/mol. The molecule has 0 unspecified atom stereocenters. The number of nitrogens with one attached hydrogen (secondary N) is 2. The normalized spacial score (nSPS) is 11.2. The van der Waals surface area contributed by atoms with Crippen molar-refractivity contribution in [1.29, 1.82) is 0 Å². The molecule has 5 rings (SSSR count). The Morgan fingerprint density at radius 1 is 0.636 bits per heavy atom. The molecular formula is C38H30N2O4. The van der Waals surface area contributed by atoms with E-state index >= 15 is 0 Å². The largest absolute Gasteiger partial charge is 0.497 e. The molecule has 0 fully saturated rings. The molecule has 6 heteroatoms. The van der Waals surface area contributed by atoms with Gasteiger partial charge in [0.05, 0.1) is 7.11 Å². The number of allylic oxidation sites excluding steroid dienone is 1. The molecule has 0 aromatic heterocycles. The standard InChI is InChI=1S/C38H30N2O4/c1-44-34-14-8-9-28(25-34)26-35(40-37(42)32-12-6-3-7-13-32)38(43)39-33-22-20-31(21-23-33)36(41)24-17-27-15-18-30(19-16-27)29-10-4-2-5-11-29/h2-26H,1H3,(H,39,43)(H,40,42)/b24-17+,35-26-. The molecule has 0 atom stereocenters. The summed E-state index contributed by atoms with van der Waals surface area (Å²) in [6.45, 7) is 0. The van der Waals surface area contributed by atoms with Gasteiger partial charge in [0.15, 0.2) is 5.78 Å². The van der Waals surface area contributed by atoms with E-state index < -0.39 is 11.8 Å². The Bertz CT molecular complexity index is 1810.